The number of unbranched alkanes of at least 4 members (excludes halogenated alkanes) is 1. The van der Waals surface area contributed by atoms with Gasteiger partial charge in [0, 0.05) is 6.61 Å². The van der Waals surface area contributed by atoms with Gasteiger partial charge in [0.25, 0.3) is 5.56 Å². The zero-order valence-corrected chi connectivity index (χ0v) is 15.7. The van der Waals surface area contributed by atoms with E-state index in [0.29, 0.717) is 18.9 Å². The molecule has 4 heterocycles. The van der Waals surface area contributed by atoms with Crippen LogP contribution in [-0.2, 0) is 18.9 Å². The number of rotatable bonds is 6. The van der Waals surface area contributed by atoms with Crippen LogP contribution < -0.4 is 11.3 Å². The second kappa shape index (κ2) is 6.86. The van der Waals surface area contributed by atoms with Gasteiger partial charge in [-0.2, -0.15) is 4.98 Å². The summed E-state index contributed by atoms with van der Waals surface area (Å²) >= 11 is 0. The number of hydrogen-bond donors (Lipinski definition) is 2. The molecule has 4 rings (SSSR count). The summed E-state index contributed by atoms with van der Waals surface area (Å²) in [5, 5.41) is 0. The molecule has 2 aliphatic rings. The largest absolute Gasteiger partial charge is 0.379 e. The van der Waals surface area contributed by atoms with E-state index in [1.807, 2.05) is 13.8 Å². The highest BCUT2D eigenvalue weighted by molar-refractivity contribution is 5.70. The number of ether oxygens (including phenoxy) is 4. The molecule has 4 atom stereocenters. The zero-order chi connectivity index (χ0) is 19.2. The maximum atomic E-state index is 12.1. The Balaban J connectivity index is 1.63. The van der Waals surface area contributed by atoms with E-state index in [1.165, 1.54) is 6.33 Å². The number of aromatic amines is 1. The molecule has 0 unspecified atom stereocenters. The molecule has 0 saturated carbocycles. The van der Waals surface area contributed by atoms with Crippen LogP contribution in [0.2, 0.25) is 0 Å². The van der Waals surface area contributed by atoms with E-state index in [0.717, 1.165) is 12.8 Å². The number of nitrogens with zero attached hydrogens (tertiary/aromatic N) is 3. The molecular weight excluding hydrogens is 354 g/mol. The molecule has 0 aromatic carbocycles. The number of nitrogens with two attached hydrogens (primary N) is 1. The van der Waals surface area contributed by atoms with E-state index in [1.54, 1.807) is 4.57 Å². The summed E-state index contributed by atoms with van der Waals surface area (Å²) in [7, 11) is 0. The van der Waals surface area contributed by atoms with Gasteiger partial charge >= 0.3 is 0 Å². The average molecular weight is 379 g/mol. The van der Waals surface area contributed by atoms with Gasteiger partial charge in [0.15, 0.2) is 23.2 Å². The Morgan fingerprint density at radius 2 is 2.15 bits per heavy atom. The molecule has 2 saturated heterocycles. The predicted octanol–water partition coefficient (Wildman–Crippen LogP) is 0.936. The lowest BCUT2D eigenvalue weighted by Gasteiger charge is -2.24. The molecule has 148 valence electrons. The quantitative estimate of drug-likeness (QED) is 0.710. The highest BCUT2D eigenvalue weighted by Crippen LogP contribution is 2.43. The van der Waals surface area contributed by atoms with Crippen molar-refractivity contribution in [3.63, 3.8) is 0 Å². The van der Waals surface area contributed by atoms with Crippen LogP contribution in [0.4, 0.5) is 5.95 Å². The van der Waals surface area contributed by atoms with Gasteiger partial charge in [0.05, 0.1) is 12.9 Å². The third-order valence-electron chi connectivity index (χ3n) is 4.77. The second-order valence-electron chi connectivity index (χ2n) is 7.33. The Labute approximate surface area is 156 Å². The minimum atomic E-state index is -0.737. The Hall–Kier alpha value is -2.01. The third kappa shape index (κ3) is 3.33. The monoisotopic (exact) mass is 379 g/mol. The number of hydrogen-bond acceptors (Lipinski definition) is 8. The van der Waals surface area contributed by atoms with Crippen LogP contribution in [0, 0.1) is 0 Å². The SMILES string of the molecule is CCCCOC[C@H]1O[C@@H](n2cnc3c(=O)[nH]c(N)nc32)[C@@H]2OC(C)(C)O[C@@H]21. The van der Waals surface area contributed by atoms with Crippen LogP contribution in [0.5, 0.6) is 0 Å². The van der Waals surface area contributed by atoms with Crippen molar-refractivity contribution in [3.05, 3.63) is 16.7 Å². The van der Waals surface area contributed by atoms with Gasteiger partial charge in [0.1, 0.15) is 18.3 Å². The molecule has 0 spiro atoms. The van der Waals surface area contributed by atoms with E-state index >= 15 is 0 Å². The van der Waals surface area contributed by atoms with Crippen molar-refractivity contribution in [3.8, 4) is 0 Å². The molecule has 2 fully saturated rings. The first-order valence-electron chi connectivity index (χ1n) is 9.21. The first-order valence-corrected chi connectivity index (χ1v) is 9.21. The van der Waals surface area contributed by atoms with E-state index in [4.69, 9.17) is 24.7 Å². The Morgan fingerprint density at radius 1 is 1.37 bits per heavy atom. The van der Waals surface area contributed by atoms with Gasteiger partial charge in [-0.3, -0.25) is 14.3 Å². The number of anilines is 1. The van der Waals surface area contributed by atoms with Crippen molar-refractivity contribution in [2.45, 2.75) is 63.9 Å². The first-order chi connectivity index (χ1) is 12.9. The first kappa shape index (κ1) is 18.4. The molecule has 2 aromatic heterocycles. The van der Waals surface area contributed by atoms with Crippen LogP contribution in [0.3, 0.4) is 0 Å². The van der Waals surface area contributed by atoms with Gasteiger partial charge < -0.3 is 24.7 Å². The van der Waals surface area contributed by atoms with Crippen LogP contribution in [0.25, 0.3) is 11.2 Å². The molecule has 3 N–H and O–H groups in total. The third-order valence-corrected chi connectivity index (χ3v) is 4.77. The Kier molecular flexibility index (Phi) is 4.66. The minimum Gasteiger partial charge on any atom is -0.379 e. The lowest BCUT2D eigenvalue weighted by Crippen LogP contribution is -2.33. The van der Waals surface area contributed by atoms with Crippen molar-refractivity contribution in [2.24, 2.45) is 0 Å². The predicted molar refractivity (Wildman–Crippen MR) is 96.0 cm³/mol. The van der Waals surface area contributed by atoms with E-state index in [2.05, 4.69) is 21.9 Å². The maximum absolute atomic E-state index is 12.1. The van der Waals surface area contributed by atoms with E-state index < -0.39 is 17.6 Å². The smallest absolute Gasteiger partial charge is 0.280 e. The van der Waals surface area contributed by atoms with Gasteiger partial charge in [0.2, 0.25) is 5.95 Å². The van der Waals surface area contributed by atoms with Gasteiger partial charge in [-0.05, 0) is 20.3 Å². The van der Waals surface area contributed by atoms with E-state index in [9.17, 15) is 4.79 Å². The lowest BCUT2D eigenvalue weighted by atomic mass is 10.1. The highest BCUT2D eigenvalue weighted by atomic mass is 16.8. The molecule has 10 heteroatoms. The van der Waals surface area contributed by atoms with Gasteiger partial charge in [-0.25, -0.2) is 4.98 Å². The fraction of sp³-hybridized carbons (Fsp3) is 0.706. The standard InChI is InChI=1S/C17H25N5O5/c1-4-5-6-24-7-9-11-12(27-17(2,3)26-11)15(25-9)22-8-19-10-13(22)20-16(18)21-14(10)23/h8-9,11-12,15H,4-7H2,1-3H3,(H3,18,20,21,23)/t9-,11-,12-,15-/m1/s1. The van der Waals surface area contributed by atoms with Crippen molar-refractivity contribution < 1.29 is 18.9 Å². The molecule has 2 aromatic rings. The summed E-state index contributed by atoms with van der Waals surface area (Å²) in [6.07, 6.45) is 2.07. The molecular formula is C17H25N5O5. The number of H-pyrrole nitrogens is 1. The molecule has 10 nitrogen and oxygen atoms in total. The molecule has 0 bridgehead atoms. The minimum absolute atomic E-state index is 0.0205. The van der Waals surface area contributed by atoms with Gasteiger partial charge in [-0.1, -0.05) is 13.3 Å². The fourth-order valence-corrected chi connectivity index (χ4v) is 3.59. The fourth-order valence-electron chi connectivity index (χ4n) is 3.59. The summed E-state index contributed by atoms with van der Waals surface area (Å²) < 4.78 is 25.8. The maximum Gasteiger partial charge on any atom is 0.280 e. The average Bonchev–Trinajstić information content (AvgIpc) is 3.23. The number of fused-ring (bicyclic) bond motifs is 2. The second-order valence-corrected chi connectivity index (χ2v) is 7.33. The van der Waals surface area contributed by atoms with Crippen LogP contribution in [0.15, 0.2) is 11.1 Å². The summed E-state index contributed by atoms with van der Waals surface area (Å²) in [5.74, 6) is -0.716. The van der Waals surface area contributed by atoms with Crippen molar-refractivity contribution in [1.29, 1.82) is 0 Å². The van der Waals surface area contributed by atoms with Crippen molar-refractivity contribution in [2.75, 3.05) is 18.9 Å². The number of aromatic nitrogens is 4. The summed E-state index contributed by atoms with van der Waals surface area (Å²) in [5.41, 5.74) is 5.85. The van der Waals surface area contributed by atoms with Crippen LogP contribution in [0.1, 0.15) is 39.8 Å². The molecule has 0 radical (unpaired) electrons. The van der Waals surface area contributed by atoms with Crippen molar-refractivity contribution >= 4 is 17.1 Å². The van der Waals surface area contributed by atoms with E-state index in [-0.39, 0.29) is 29.8 Å². The summed E-state index contributed by atoms with van der Waals surface area (Å²) in [6, 6.07) is 0. The topological polar surface area (TPSA) is 127 Å². The van der Waals surface area contributed by atoms with Gasteiger partial charge in [-0.15, -0.1) is 0 Å². The molecule has 0 aliphatic carbocycles. The highest BCUT2D eigenvalue weighted by Gasteiger charge is 2.56. The molecule has 27 heavy (non-hydrogen) atoms. The number of nitrogens with one attached hydrogen (secondary N) is 1. The Morgan fingerprint density at radius 3 is 2.93 bits per heavy atom. The van der Waals surface area contributed by atoms with Crippen LogP contribution >= 0.6 is 0 Å². The molecule has 0 amide bonds. The summed E-state index contributed by atoms with van der Waals surface area (Å²) in [6.45, 7) is 6.92. The van der Waals surface area contributed by atoms with Crippen molar-refractivity contribution in [1.82, 2.24) is 19.5 Å². The zero-order valence-electron chi connectivity index (χ0n) is 15.7. The Bertz CT molecular complexity index is 878. The van der Waals surface area contributed by atoms with Crippen LogP contribution in [-0.4, -0.2) is 56.8 Å². The summed E-state index contributed by atoms with van der Waals surface area (Å²) in [4.78, 5) is 22.9. The number of nitrogen functional groups attached to an aromatic ring is 1. The lowest BCUT2D eigenvalue weighted by molar-refractivity contribution is -0.201. The normalized spacial score (nSPS) is 29.4. The molecule has 2 aliphatic heterocycles. The number of imidazole rings is 1.